The number of hydrogen-bond acceptors (Lipinski definition) is 4. The van der Waals surface area contributed by atoms with Crippen molar-refractivity contribution in [2.24, 2.45) is 0 Å². The third kappa shape index (κ3) is 4.06. The summed E-state index contributed by atoms with van der Waals surface area (Å²) in [5.41, 5.74) is 0.744. The van der Waals surface area contributed by atoms with E-state index >= 15 is 0 Å². The number of nitrogens with zero attached hydrogens (tertiary/aromatic N) is 1. The Bertz CT molecular complexity index is 1050. The topological polar surface area (TPSA) is 75.7 Å². The van der Waals surface area contributed by atoms with Crippen LogP contribution in [0.3, 0.4) is 0 Å². The monoisotopic (exact) mass is 432 g/mol. The van der Waals surface area contributed by atoms with Gasteiger partial charge in [0.1, 0.15) is 5.82 Å². The molecule has 160 valence electrons. The Balaban J connectivity index is 1.62. The molecule has 4 rings (SSSR count). The van der Waals surface area contributed by atoms with E-state index in [0.717, 1.165) is 31.7 Å². The number of para-hydroxylation sites is 1. The molecule has 8 heteroatoms. The number of halogens is 1. The fourth-order valence-corrected chi connectivity index (χ4v) is 5.41. The predicted octanol–water partition coefficient (Wildman–Crippen LogP) is 3.72. The molecule has 1 amide bonds. The van der Waals surface area contributed by atoms with Gasteiger partial charge < -0.3 is 9.64 Å². The maximum atomic E-state index is 13.5. The number of hydrogen-bond donors (Lipinski definition) is 1. The van der Waals surface area contributed by atoms with Crippen molar-refractivity contribution in [1.29, 1.82) is 0 Å². The molecule has 1 aliphatic heterocycles. The van der Waals surface area contributed by atoms with E-state index in [1.807, 2.05) is 4.90 Å². The third-order valence-corrected chi connectivity index (χ3v) is 7.20. The molecule has 0 aromatic heterocycles. The number of rotatable bonds is 4. The molecule has 1 N–H and O–H groups in total. The number of anilines is 1. The number of nitrogens with one attached hydrogen (secondary N) is 1. The van der Waals surface area contributed by atoms with Gasteiger partial charge in [-0.3, -0.25) is 9.52 Å². The quantitative estimate of drug-likeness (QED) is 0.799. The summed E-state index contributed by atoms with van der Waals surface area (Å²) >= 11 is 0. The van der Waals surface area contributed by atoms with Gasteiger partial charge in [-0.25, -0.2) is 12.8 Å². The second kappa shape index (κ2) is 8.35. The Morgan fingerprint density at radius 2 is 1.93 bits per heavy atom. The molecule has 0 spiro atoms. The molecule has 1 heterocycles. The van der Waals surface area contributed by atoms with Crippen LogP contribution in [0.2, 0.25) is 0 Å². The summed E-state index contributed by atoms with van der Waals surface area (Å²) < 4.78 is 47.6. The SMILES string of the molecule is Cc1cc(S(=O)(=O)Nc2ccccc2C(=O)N2CCOC3CCCCC32)ccc1F. The highest BCUT2D eigenvalue weighted by Gasteiger charge is 2.37. The van der Waals surface area contributed by atoms with Crippen molar-refractivity contribution in [3.05, 3.63) is 59.4 Å². The van der Waals surface area contributed by atoms with Crippen molar-refractivity contribution in [1.82, 2.24) is 4.90 Å². The van der Waals surface area contributed by atoms with Gasteiger partial charge in [-0.1, -0.05) is 25.0 Å². The first-order chi connectivity index (χ1) is 14.4. The van der Waals surface area contributed by atoms with Crippen molar-refractivity contribution in [2.75, 3.05) is 17.9 Å². The van der Waals surface area contributed by atoms with E-state index in [4.69, 9.17) is 4.74 Å². The van der Waals surface area contributed by atoms with Crippen molar-refractivity contribution in [3.8, 4) is 0 Å². The van der Waals surface area contributed by atoms with Crippen LogP contribution >= 0.6 is 0 Å². The molecule has 2 atom stereocenters. The molecule has 2 aromatic rings. The van der Waals surface area contributed by atoms with E-state index in [2.05, 4.69) is 4.72 Å². The summed E-state index contributed by atoms with van der Waals surface area (Å²) in [6.07, 6.45) is 4.01. The predicted molar refractivity (Wildman–Crippen MR) is 111 cm³/mol. The standard InChI is InChI=1S/C22H25FN2O4S/c1-15-14-16(10-11-18(15)23)30(27,28)24-19-7-3-2-6-17(19)22(26)25-12-13-29-21-9-5-4-8-20(21)25/h2-3,6-7,10-11,14,20-21,24H,4-5,8-9,12-13H2,1H3. The average Bonchev–Trinajstić information content (AvgIpc) is 2.75. The number of carbonyl (C=O) groups is 1. The summed E-state index contributed by atoms with van der Waals surface area (Å²) in [7, 11) is -3.97. The van der Waals surface area contributed by atoms with E-state index in [1.54, 1.807) is 24.3 Å². The zero-order valence-electron chi connectivity index (χ0n) is 16.8. The first-order valence-corrected chi connectivity index (χ1v) is 11.7. The van der Waals surface area contributed by atoms with Crippen LogP contribution in [0.25, 0.3) is 0 Å². The zero-order chi connectivity index (χ0) is 21.3. The minimum atomic E-state index is -3.97. The zero-order valence-corrected chi connectivity index (χ0v) is 17.6. The van der Waals surface area contributed by atoms with Crippen molar-refractivity contribution >= 4 is 21.6 Å². The van der Waals surface area contributed by atoms with Gasteiger partial charge in [0.2, 0.25) is 0 Å². The fourth-order valence-electron chi connectivity index (χ4n) is 4.25. The second-order valence-corrected chi connectivity index (χ2v) is 9.50. The van der Waals surface area contributed by atoms with Gasteiger partial charge in [0.25, 0.3) is 15.9 Å². The molecule has 2 fully saturated rings. The molecule has 30 heavy (non-hydrogen) atoms. The highest BCUT2D eigenvalue weighted by molar-refractivity contribution is 7.92. The molecular formula is C22H25FN2O4S. The van der Waals surface area contributed by atoms with E-state index in [0.29, 0.717) is 18.7 Å². The number of ether oxygens (including phenoxy) is 1. The average molecular weight is 433 g/mol. The second-order valence-electron chi connectivity index (χ2n) is 7.82. The summed E-state index contributed by atoms with van der Waals surface area (Å²) in [6, 6.07) is 10.2. The lowest BCUT2D eigenvalue weighted by molar-refractivity contribution is -0.0752. The smallest absolute Gasteiger partial charge is 0.261 e. The summed E-state index contributed by atoms with van der Waals surface area (Å²) in [6.45, 7) is 2.47. The summed E-state index contributed by atoms with van der Waals surface area (Å²) in [4.78, 5) is 15.2. The van der Waals surface area contributed by atoms with Gasteiger partial charge in [-0.05, 0) is 55.7 Å². The van der Waals surface area contributed by atoms with Crippen LogP contribution in [-0.2, 0) is 14.8 Å². The Morgan fingerprint density at radius 1 is 1.17 bits per heavy atom. The van der Waals surface area contributed by atoms with Gasteiger partial charge in [-0.15, -0.1) is 0 Å². The number of benzene rings is 2. The summed E-state index contributed by atoms with van der Waals surface area (Å²) in [5, 5.41) is 0. The van der Waals surface area contributed by atoms with Crippen LogP contribution in [0.5, 0.6) is 0 Å². The van der Waals surface area contributed by atoms with Crippen molar-refractivity contribution in [2.45, 2.75) is 49.6 Å². The molecule has 6 nitrogen and oxygen atoms in total. The first-order valence-electron chi connectivity index (χ1n) is 10.2. The molecule has 1 saturated heterocycles. The molecule has 0 bridgehead atoms. The minimum Gasteiger partial charge on any atom is -0.374 e. The number of amides is 1. The maximum absolute atomic E-state index is 13.5. The number of carbonyl (C=O) groups excluding carboxylic acids is 1. The first kappa shape index (κ1) is 20.8. The van der Waals surface area contributed by atoms with Gasteiger partial charge in [0.05, 0.1) is 34.9 Å². The van der Waals surface area contributed by atoms with Crippen LogP contribution < -0.4 is 4.72 Å². The molecule has 2 aromatic carbocycles. The number of sulfonamides is 1. The van der Waals surface area contributed by atoms with Crippen LogP contribution in [0.15, 0.2) is 47.4 Å². The Hall–Kier alpha value is -2.45. The summed E-state index contributed by atoms with van der Waals surface area (Å²) in [5.74, 6) is -0.678. The Kier molecular flexibility index (Phi) is 5.79. The fraction of sp³-hybridized carbons (Fsp3) is 0.409. The van der Waals surface area contributed by atoms with Gasteiger partial charge in [0.15, 0.2) is 0 Å². The molecule has 1 saturated carbocycles. The Morgan fingerprint density at radius 3 is 2.73 bits per heavy atom. The molecule has 1 aliphatic carbocycles. The maximum Gasteiger partial charge on any atom is 0.261 e. The van der Waals surface area contributed by atoms with Gasteiger partial charge >= 0.3 is 0 Å². The third-order valence-electron chi connectivity index (χ3n) is 5.83. The molecule has 2 unspecified atom stereocenters. The van der Waals surface area contributed by atoms with E-state index in [-0.39, 0.29) is 34.2 Å². The lowest BCUT2D eigenvalue weighted by atomic mass is 9.89. The van der Waals surface area contributed by atoms with Crippen LogP contribution in [-0.4, -0.2) is 44.5 Å². The highest BCUT2D eigenvalue weighted by atomic mass is 32.2. The molecular weight excluding hydrogens is 407 g/mol. The highest BCUT2D eigenvalue weighted by Crippen LogP contribution is 2.31. The van der Waals surface area contributed by atoms with Crippen molar-refractivity contribution in [3.63, 3.8) is 0 Å². The number of aryl methyl sites for hydroxylation is 1. The van der Waals surface area contributed by atoms with Crippen LogP contribution in [0, 0.1) is 12.7 Å². The van der Waals surface area contributed by atoms with E-state index in [1.165, 1.54) is 19.1 Å². The Labute approximate surface area is 176 Å². The lowest BCUT2D eigenvalue weighted by Crippen LogP contribution is -2.54. The van der Waals surface area contributed by atoms with E-state index < -0.39 is 15.8 Å². The largest absolute Gasteiger partial charge is 0.374 e. The number of morpholine rings is 1. The molecule has 2 aliphatic rings. The lowest BCUT2D eigenvalue weighted by Gasteiger charge is -2.44. The van der Waals surface area contributed by atoms with Gasteiger partial charge in [-0.2, -0.15) is 0 Å². The van der Waals surface area contributed by atoms with Crippen LogP contribution in [0.1, 0.15) is 41.6 Å². The number of fused-ring (bicyclic) bond motifs is 1. The van der Waals surface area contributed by atoms with Crippen LogP contribution in [0.4, 0.5) is 10.1 Å². The van der Waals surface area contributed by atoms with Gasteiger partial charge in [0, 0.05) is 6.54 Å². The van der Waals surface area contributed by atoms with Crippen molar-refractivity contribution < 1.29 is 22.3 Å². The minimum absolute atomic E-state index is 0.0180. The molecule has 0 radical (unpaired) electrons. The normalized spacial score (nSPS) is 21.7. The van der Waals surface area contributed by atoms with E-state index in [9.17, 15) is 17.6 Å².